The molecule has 0 aliphatic rings. The Morgan fingerprint density at radius 3 is 2.83 bits per heavy atom. The van der Waals surface area contributed by atoms with Crippen molar-refractivity contribution in [3.05, 3.63) is 59.6 Å². The Kier molecular flexibility index (Phi) is 5.05. The molecule has 0 unspecified atom stereocenters. The highest BCUT2D eigenvalue weighted by Gasteiger charge is 2.14. The van der Waals surface area contributed by atoms with E-state index in [2.05, 4.69) is 9.97 Å². The topological polar surface area (TPSA) is 51.0 Å². The van der Waals surface area contributed by atoms with Crippen molar-refractivity contribution in [2.24, 2.45) is 0 Å². The number of amides is 1. The molecule has 3 aromatic rings. The van der Waals surface area contributed by atoms with Crippen molar-refractivity contribution in [3.8, 4) is 10.6 Å². The zero-order chi connectivity index (χ0) is 16.9. The molecular formula is C18H20N4OS. The number of thiazole rings is 1. The van der Waals surface area contributed by atoms with E-state index in [9.17, 15) is 4.79 Å². The molecule has 2 heterocycles. The normalized spacial score (nSPS) is 10.8. The van der Waals surface area contributed by atoms with E-state index in [-0.39, 0.29) is 5.91 Å². The number of aryl methyl sites for hydroxylation is 1. The third kappa shape index (κ3) is 3.71. The lowest BCUT2D eigenvalue weighted by atomic mass is 10.2. The molecule has 5 nitrogen and oxygen atoms in total. The third-order valence-corrected chi connectivity index (χ3v) is 4.76. The number of carbonyl (C=O) groups is 1. The van der Waals surface area contributed by atoms with Crippen molar-refractivity contribution in [2.45, 2.75) is 26.4 Å². The Hall–Kier alpha value is -2.47. The molecule has 124 valence electrons. The summed E-state index contributed by atoms with van der Waals surface area (Å²) in [4.78, 5) is 23.0. The Morgan fingerprint density at radius 1 is 1.29 bits per heavy atom. The highest BCUT2D eigenvalue weighted by Crippen LogP contribution is 2.23. The fraction of sp³-hybridized carbons (Fsp3) is 0.278. The number of carbonyl (C=O) groups excluding carboxylic acids is 1. The van der Waals surface area contributed by atoms with Gasteiger partial charge in [0.2, 0.25) is 5.91 Å². The van der Waals surface area contributed by atoms with Gasteiger partial charge in [0.15, 0.2) is 0 Å². The lowest BCUT2D eigenvalue weighted by molar-refractivity contribution is -0.131. The van der Waals surface area contributed by atoms with Crippen LogP contribution in [0.25, 0.3) is 10.6 Å². The number of hydrogen-bond donors (Lipinski definition) is 0. The van der Waals surface area contributed by atoms with Crippen LogP contribution in [0.4, 0.5) is 0 Å². The summed E-state index contributed by atoms with van der Waals surface area (Å²) >= 11 is 1.60. The Morgan fingerprint density at radius 2 is 2.08 bits per heavy atom. The van der Waals surface area contributed by atoms with E-state index < -0.39 is 0 Å². The predicted molar refractivity (Wildman–Crippen MR) is 95.6 cm³/mol. The van der Waals surface area contributed by atoms with Crippen LogP contribution in [0.1, 0.15) is 18.4 Å². The van der Waals surface area contributed by atoms with Gasteiger partial charge in [-0.3, -0.25) is 4.79 Å². The van der Waals surface area contributed by atoms with Crippen molar-refractivity contribution < 1.29 is 4.79 Å². The molecule has 2 aromatic heterocycles. The quantitative estimate of drug-likeness (QED) is 0.692. The van der Waals surface area contributed by atoms with E-state index in [1.807, 2.05) is 60.4 Å². The molecule has 6 heteroatoms. The van der Waals surface area contributed by atoms with Crippen molar-refractivity contribution >= 4 is 17.2 Å². The van der Waals surface area contributed by atoms with Gasteiger partial charge in [0.05, 0.1) is 12.2 Å². The zero-order valence-corrected chi connectivity index (χ0v) is 14.7. The Bertz CT molecular complexity index is 809. The molecule has 1 aromatic carbocycles. The first-order chi connectivity index (χ1) is 11.7. The number of benzene rings is 1. The van der Waals surface area contributed by atoms with Crippen LogP contribution < -0.4 is 0 Å². The smallest absolute Gasteiger partial charge is 0.242 e. The maximum absolute atomic E-state index is 12.4. The molecule has 3 rings (SSSR count). The number of rotatable bonds is 6. The van der Waals surface area contributed by atoms with Crippen molar-refractivity contribution in [1.29, 1.82) is 0 Å². The molecule has 0 aliphatic heterocycles. The number of aromatic nitrogens is 3. The van der Waals surface area contributed by atoms with Crippen LogP contribution in [0, 0.1) is 0 Å². The van der Waals surface area contributed by atoms with Crippen LogP contribution >= 0.6 is 11.3 Å². The lowest BCUT2D eigenvalue weighted by Gasteiger charge is -2.17. The molecule has 0 radical (unpaired) electrons. The van der Waals surface area contributed by atoms with Crippen LogP contribution in [0.5, 0.6) is 0 Å². The lowest BCUT2D eigenvalue weighted by Crippen LogP contribution is -2.30. The van der Waals surface area contributed by atoms with Crippen molar-refractivity contribution in [2.75, 3.05) is 7.05 Å². The molecule has 0 saturated heterocycles. The second-order valence-electron chi connectivity index (χ2n) is 5.58. The maximum atomic E-state index is 12.4. The van der Waals surface area contributed by atoms with Gasteiger partial charge in [-0.05, 0) is 0 Å². The molecule has 1 amide bonds. The summed E-state index contributed by atoms with van der Waals surface area (Å²) in [6.07, 6.45) is 4.40. The van der Waals surface area contributed by atoms with Crippen LogP contribution in [-0.2, 0) is 24.3 Å². The van der Waals surface area contributed by atoms with Gasteiger partial charge in [-0.15, -0.1) is 11.3 Å². The van der Waals surface area contributed by atoms with Crippen LogP contribution in [0.15, 0.2) is 48.1 Å². The van der Waals surface area contributed by atoms with Crippen LogP contribution in [0.2, 0.25) is 0 Å². The average Bonchev–Trinajstić information content (AvgIpc) is 3.24. The fourth-order valence-corrected chi connectivity index (χ4v) is 3.31. The van der Waals surface area contributed by atoms with Crippen LogP contribution in [0.3, 0.4) is 0 Å². The van der Waals surface area contributed by atoms with Crippen LogP contribution in [-0.4, -0.2) is 32.4 Å². The summed E-state index contributed by atoms with van der Waals surface area (Å²) < 4.78 is 1.90. The van der Waals surface area contributed by atoms with Crippen molar-refractivity contribution in [3.63, 3.8) is 0 Å². The highest BCUT2D eigenvalue weighted by molar-refractivity contribution is 7.13. The van der Waals surface area contributed by atoms with Gasteiger partial charge in [-0.1, -0.05) is 37.3 Å². The van der Waals surface area contributed by atoms with Gasteiger partial charge >= 0.3 is 0 Å². The first kappa shape index (κ1) is 16.4. The third-order valence-electron chi connectivity index (χ3n) is 3.82. The van der Waals surface area contributed by atoms with E-state index >= 15 is 0 Å². The second-order valence-corrected chi connectivity index (χ2v) is 6.44. The average molecular weight is 340 g/mol. The van der Waals surface area contributed by atoms with Gasteiger partial charge in [0, 0.05) is 36.8 Å². The molecule has 24 heavy (non-hydrogen) atoms. The van der Waals surface area contributed by atoms with E-state index in [1.165, 1.54) is 0 Å². The Labute approximate surface area is 145 Å². The fourth-order valence-electron chi connectivity index (χ4n) is 2.49. The summed E-state index contributed by atoms with van der Waals surface area (Å²) in [6.45, 7) is 2.86. The van der Waals surface area contributed by atoms with Gasteiger partial charge in [0.25, 0.3) is 0 Å². The van der Waals surface area contributed by atoms with Gasteiger partial charge < -0.3 is 9.47 Å². The number of imidazole rings is 1. The Balaban J connectivity index is 1.63. The number of likely N-dealkylation sites (N-methyl/N-ethyl adjacent to an activating group) is 1. The summed E-state index contributed by atoms with van der Waals surface area (Å²) in [5.74, 6) is 0.980. The molecular weight excluding hydrogens is 320 g/mol. The summed E-state index contributed by atoms with van der Waals surface area (Å²) in [6, 6.07) is 10.1. The molecule has 0 saturated carbocycles. The van der Waals surface area contributed by atoms with Gasteiger partial charge in [0.1, 0.15) is 17.4 Å². The van der Waals surface area contributed by atoms with Crippen molar-refractivity contribution in [1.82, 2.24) is 19.4 Å². The number of hydrogen-bond acceptors (Lipinski definition) is 4. The van der Waals surface area contributed by atoms with E-state index in [4.69, 9.17) is 0 Å². The highest BCUT2D eigenvalue weighted by atomic mass is 32.1. The first-order valence-electron chi connectivity index (χ1n) is 7.91. The summed E-state index contributed by atoms with van der Waals surface area (Å²) in [5.41, 5.74) is 2.02. The minimum absolute atomic E-state index is 0.0527. The molecule has 0 aliphatic carbocycles. The standard InChI is InChI=1S/C18H20N4OS/c1-3-16-19-9-10-22(16)12-17(23)21(2)11-15-13-24-18(20-15)14-7-5-4-6-8-14/h4-10,13H,3,11-12H2,1-2H3. The molecule has 0 bridgehead atoms. The maximum Gasteiger partial charge on any atom is 0.242 e. The predicted octanol–water partition coefficient (Wildman–Crippen LogP) is 3.23. The van der Waals surface area contributed by atoms with Gasteiger partial charge in [-0.2, -0.15) is 0 Å². The van der Waals surface area contributed by atoms with E-state index in [0.29, 0.717) is 13.1 Å². The van der Waals surface area contributed by atoms with E-state index in [1.54, 1.807) is 22.4 Å². The summed E-state index contributed by atoms with van der Waals surface area (Å²) in [5, 5.41) is 3.00. The minimum atomic E-state index is 0.0527. The number of nitrogens with zero attached hydrogens (tertiary/aromatic N) is 4. The molecule has 0 N–H and O–H groups in total. The minimum Gasteiger partial charge on any atom is -0.338 e. The molecule has 0 fully saturated rings. The summed E-state index contributed by atoms with van der Waals surface area (Å²) in [7, 11) is 1.81. The molecule has 0 atom stereocenters. The van der Waals surface area contributed by atoms with E-state index in [0.717, 1.165) is 28.5 Å². The van der Waals surface area contributed by atoms with Gasteiger partial charge in [-0.25, -0.2) is 9.97 Å². The first-order valence-corrected chi connectivity index (χ1v) is 8.79. The second kappa shape index (κ2) is 7.40. The monoisotopic (exact) mass is 340 g/mol. The SMILES string of the molecule is CCc1nccn1CC(=O)N(C)Cc1csc(-c2ccccc2)n1. The largest absolute Gasteiger partial charge is 0.338 e. The molecule has 0 spiro atoms. The zero-order valence-electron chi connectivity index (χ0n) is 13.8.